The molecule has 1 fully saturated rings. The Labute approximate surface area is 176 Å². The van der Waals surface area contributed by atoms with Crippen molar-refractivity contribution < 1.29 is 13.2 Å². The van der Waals surface area contributed by atoms with E-state index >= 15 is 0 Å². The molecule has 9 heteroatoms. The van der Waals surface area contributed by atoms with Gasteiger partial charge in [0.25, 0.3) is 0 Å². The lowest BCUT2D eigenvalue weighted by atomic mass is 9.89. The number of ether oxygens (including phenoxy) is 1. The highest BCUT2D eigenvalue weighted by Gasteiger charge is 2.31. The molecule has 0 atom stereocenters. The Kier molecular flexibility index (Phi) is 4.67. The molecule has 30 heavy (non-hydrogen) atoms. The highest BCUT2D eigenvalue weighted by molar-refractivity contribution is 7.89. The molecular formula is C21H25N5O3S. The highest BCUT2D eigenvalue weighted by atomic mass is 32.2. The number of hydrogen-bond donors (Lipinski definition) is 0. The van der Waals surface area contributed by atoms with Gasteiger partial charge >= 0.3 is 0 Å². The summed E-state index contributed by atoms with van der Waals surface area (Å²) >= 11 is 0. The molecule has 2 aliphatic rings. The Morgan fingerprint density at radius 2 is 1.93 bits per heavy atom. The van der Waals surface area contributed by atoms with Crippen molar-refractivity contribution in [1.82, 2.24) is 18.9 Å². The average Bonchev–Trinajstić information content (AvgIpc) is 3.20. The van der Waals surface area contributed by atoms with E-state index in [0.717, 1.165) is 36.5 Å². The third-order valence-electron chi connectivity index (χ3n) is 6.22. The van der Waals surface area contributed by atoms with Gasteiger partial charge in [0.05, 0.1) is 17.1 Å². The molecule has 1 aromatic carbocycles. The molecular weight excluding hydrogens is 402 g/mol. The highest BCUT2D eigenvalue weighted by Crippen LogP contribution is 2.36. The zero-order chi connectivity index (χ0) is 20.9. The maximum atomic E-state index is 13.3. The second-order valence-electron chi connectivity index (χ2n) is 8.05. The van der Waals surface area contributed by atoms with Crippen LogP contribution in [0.2, 0.25) is 0 Å². The molecule has 158 valence electrons. The number of likely N-dealkylation sites (N-methyl/N-ethyl adjacent to an activating group) is 1. The van der Waals surface area contributed by atoms with Crippen molar-refractivity contribution in [3.05, 3.63) is 47.9 Å². The number of sulfonamides is 1. The van der Waals surface area contributed by atoms with Crippen molar-refractivity contribution in [2.75, 3.05) is 38.2 Å². The summed E-state index contributed by atoms with van der Waals surface area (Å²) in [5, 5.41) is 4.24. The number of nitrogens with zero attached hydrogens (tertiary/aromatic N) is 5. The molecule has 5 rings (SSSR count). The van der Waals surface area contributed by atoms with Gasteiger partial charge in [-0.1, -0.05) is 0 Å². The molecule has 2 aliphatic heterocycles. The second-order valence-corrected chi connectivity index (χ2v) is 9.99. The van der Waals surface area contributed by atoms with Crippen LogP contribution in [-0.2, 0) is 10.0 Å². The summed E-state index contributed by atoms with van der Waals surface area (Å²) in [6.07, 6.45) is 5.16. The molecule has 1 saturated heterocycles. The Morgan fingerprint density at radius 1 is 1.13 bits per heavy atom. The Balaban J connectivity index is 1.35. The van der Waals surface area contributed by atoms with Gasteiger partial charge in [0.15, 0.2) is 5.65 Å². The maximum absolute atomic E-state index is 13.3. The SMILES string of the molecule is Cc1cc2ncnn2cc1C1CCN(S(=O)(=O)c2ccc3c(c2)N(C)CCO3)CC1. The maximum Gasteiger partial charge on any atom is 0.243 e. The van der Waals surface area contributed by atoms with E-state index < -0.39 is 10.0 Å². The minimum Gasteiger partial charge on any atom is -0.490 e. The number of anilines is 1. The van der Waals surface area contributed by atoms with Crippen molar-refractivity contribution in [2.45, 2.75) is 30.6 Å². The number of fused-ring (bicyclic) bond motifs is 2. The van der Waals surface area contributed by atoms with Gasteiger partial charge in [-0.25, -0.2) is 17.9 Å². The Hall–Kier alpha value is -2.65. The van der Waals surface area contributed by atoms with Crippen LogP contribution < -0.4 is 9.64 Å². The van der Waals surface area contributed by atoms with Crippen LogP contribution in [-0.4, -0.2) is 60.6 Å². The van der Waals surface area contributed by atoms with E-state index in [4.69, 9.17) is 4.74 Å². The predicted molar refractivity (Wildman–Crippen MR) is 114 cm³/mol. The summed E-state index contributed by atoms with van der Waals surface area (Å²) < 4.78 is 35.6. The predicted octanol–water partition coefficient (Wildman–Crippen LogP) is 2.43. The summed E-state index contributed by atoms with van der Waals surface area (Å²) in [5.41, 5.74) is 4.05. The third kappa shape index (κ3) is 3.22. The number of piperidine rings is 1. The van der Waals surface area contributed by atoms with Crippen LogP contribution in [0.1, 0.15) is 29.9 Å². The number of rotatable bonds is 3. The fourth-order valence-electron chi connectivity index (χ4n) is 4.45. The van der Waals surface area contributed by atoms with Gasteiger partial charge in [0.1, 0.15) is 18.7 Å². The summed E-state index contributed by atoms with van der Waals surface area (Å²) in [6, 6.07) is 7.19. The molecule has 0 saturated carbocycles. The molecule has 8 nitrogen and oxygen atoms in total. The largest absolute Gasteiger partial charge is 0.490 e. The van der Waals surface area contributed by atoms with E-state index in [2.05, 4.69) is 17.0 Å². The lowest BCUT2D eigenvalue weighted by Crippen LogP contribution is -2.38. The van der Waals surface area contributed by atoms with Crippen molar-refractivity contribution in [2.24, 2.45) is 0 Å². The first-order valence-electron chi connectivity index (χ1n) is 10.2. The van der Waals surface area contributed by atoms with Gasteiger partial charge in [-0.15, -0.1) is 0 Å². The first-order valence-corrected chi connectivity index (χ1v) is 11.7. The molecule has 0 bridgehead atoms. The van der Waals surface area contributed by atoms with E-state index in [1.807, 2.05) is 24.2 Å². The molecule has 0 spiro atoms. The van der Waals surface area contributed by atoms with E-state index in [9.17, 15) is 8.42 Å². The zero-order valence-corrected chi connectivity index (χ0v) is 18.0. The standard InChI is InChI=1S/C21H25N5O3S/c1-15-11-21-22-14-23-26(21)13-18(15)16-5-7-25(8-6-16)30(27,28)17-3-4-20-19(12-17)24(2)9-10-29-20/h3-4,11-14,16H,5-10H2,1-2H3. The van der Waals surface area contributed by atoms with Crippen molar-refractivity contribution in [3.63, 3.8) is 0 Å². The molecule has 0 N–H and O–H groups in total. The third-order valence-corrected chi connectivity index (χ3v) is 8.12. The zero-order valence-electron chi connectivity index (χ0n) is 17.2. The normalized spacial score (nSPS) is 18.4. The van der Waals surface area contributed by atoms with Gasteiger partial charge in [0, 0.05) is 26.3 Å². The van der Waals surface area contributed by atoms with Gasteiger partial charge in [-0.2, -0.15) is 9.40 Å². The molecule has 2 aromatic heterocycles. The van der Waals surface area contributed by atoms with Gasteiger partial charge in [-0.3, -0.25) is 0 Å². The number of hydrogen-bond acceptors (Lipinski definition) is 6. The summed E-state index contributed by atoms with van der Waals surface area (Å²) in [6.45, 7) is 4.45. The molecule has 0 unspecified atom stereocenters. The average molecular weight is 428 g/mol. The van der Waals surface area contributed by atoms with Crippen LogP contribution >= 0.6 is 0 Å². The molecule has 0 radical (unpaired) electrons. The second kappa shape index (κ2) is 7.24. The van der Waals surface area contributed by atoms with E-state index in [1.165, 1.54) is 11.1 Å². The first-order chi connectivity index (χ1) is 14.4. The fraction of sp³-hybridized carbons (Fsp3) is 0.429. The molecule has 0 aliphatic carbocycles. The quantitative estimate of drug-likeness (QED) is 0.639. The van der Waals surface area contributed by atoms with Crippen LogP contribution in [0.3, 0.4) is 0 Å². The van der Waals surface area contributed by atoms with E-state index in [-0.39, 0.29) is 0 Å². The van der Waals surface area contributed by atoms with Crippen molar-refractivity contribution in [1.29, 1.82) is 0 Å². The Bertz CT molecular complexity index is 1200. The summed E-state index contributed by atoms with van der Waals surface area (Å²) in [4.78, 5) is 6.60. The van der Waals surface area contributed by atoms with Crippen LogP contribution in [0.5, 0.6) is 5.75 Å². The van der Waals surface area contributed by atoms with Gasteiger partial charge < -0.3 is 9.64 Å². The minimum absolute atomic E-state index is 0.313. The lowest BCUT2D eigenvalue weighted by Gasteiger charge is -2.33. The molecule has 0 amide bonds. The number of benzene rings is 1. The van der Waals surface area contributed by atoms with Crippen LogP contribution in [0.15, 0.2) is 41.7 Å². The van der Waals surface area contributed by atoms with E-state index in [0.29, 0.717) is 30.5 Å². The van der Waals surface area contributed by atoms with Crippen LogP contribution in [0.25, 0.3) is 5.65 Å². The van der Waals surface area contributed by atoms with Crippen LogP contribution in [0, 0.1) is 6.92 Å². The van der Waals surface area contributed by atoms with E-state index in [1.54, 1.807) is 33.3 Å². The number of pyridine rings is 1. The number of aromatic nitrogens is 3. The fourth-order valence-corrected chi connectivity index (χ4v) is 5.94. The lowest BCUT2D eigenvalue weighted by molar-refractivity contribution is 0.310. The smallest absolute Gasteiger partial charge is 0.243 e. The van der Waals surface area contributed by atoms with Crippen LogP contribution in [0.4, 0.5) is 5.69 Å². The van der Waals surface area contributed by atoms with Crippen molar-refractivity contribution >= 4 is 21.4 Å². The van der Waals surface area contributed by atoms with Crippen molar-refractivity contribution in [3.8, 4) is 5.75 Å². The van der Waals surface area contributed by atoms with Gasteiger partial charge in [-0.05, 0) is 61.1 Å². The topological polar surface area (TPSA) is 80.0 Å². The summed E-state index contributed by atoms with van der Waals surface area (Å²) in [7, 11) is -1.58. The molecule has 4 heterocycles. The minimum atomic E-state index is -3.54. The molecule has 3 aromatic rings. The van der Waals surface area contributed by atoms with Gasteiger partial charge in [0.2, 0.25) is 10.0 Å². The first kappa shape index (κ1) is 19.3. The monoisotopic (exact) mass is 427 g/mol. The Morgan fingerprint density at radius 3 is 2.73 bits per heavy atom. The number of aryl methyl sites for hydroxylation is 1. The summed E-state index contributed by atoms with van der Waals surface area (Å²) in [5.74, 6) is 1.05.